The van der Waals surface area contributed by atoms with Gasteiger partial charge in [-0.1, -0.05) is 34.8 Å². The molecular formula is C12H16Cl4N2. The first-order chi connectivity index (χ1) is 8.10. The summed E-state index contributed by atoms with van der Waals surface area (Å²) in [5.74, 6) is 0.876. The minimum absolute atomic E-state index is 0. The van der Waals surface area contributed by atoms with Gasteiger partial charge in [0.05, 0.1) is 10.0 Å². The lowest BCUT2D eigenvalue weighted by atomic mass is 10.1. The second-order valence-electron chi connectivity index (χ2n) is 3.45. The Morgan fingerprint density at radius 1 is 1.17 bits per heavy atom. The molecule has 0 aliphatic carbocycles. The van der Waals surface area contributed by atoms with Crippen molar-refractivity contribution in [1.29, 1.82) is 0 Å². The average molecular weight is 330 g/mol. The molecule has 1 N–H and O–H groups in total. The molecule has 0 amide bonds. The van der Waals surface area contributed by atoms with Crippen LogP contribution in [0, 0.1) is 0 Å². The molecule has 0 saturated carbocycles. The Kier molecular flexibility index (Phi) is 8.79. The van der Waals surface area contributed by atoms with Crippen molar-refractivity contribution < 1.29 is 0 Å². The van der Waals surface area contributed by atoms with Gasteiger partial charge in [-0.3, -0.25) is 4.99 Å². The van der Waals surface area contributed by atoms with E-state index in [0.29, 0.717) is 21.5 Å². The van der Waals surface area contributed by atoms with Crippen LogP contribution in [0.1, 0.15) is 19.4 Å². The van der Waals surface area contributed by atoms with Crippen LogP contribution in [0.3, 0.4) is 0 Å². The molecule has 6 heteroatoms. The van der Waals surface area contributed by atoms with Crippen molar-refractivity contribution in [2.75, 3.05) is 13.1 Å². The molecule has 0 unspecified atom stereocenters. The van der Waals surface area contributed by atoms with E-state index in [-0.39, 0.29) is 12.4 Å². The lowest BCUT2D eigenvalue weighted by molar-refractivity contribution is 0.922. The van der Waals surface area contributed by atoms with Crippen molar-refractivity contribution in [3.8, 4) is 0 Å². The summed E-state index contributed by atoms with van der Waals surface area (Å²) in [5.41, 5.74) is 0.814. The molecule has 0 saturated heterocycles. The molecule has 0 aliphatic rings. The fourth-order valence-electron chi connectivity index (χ4n) is 1.47. The number of likely N-dealkylation sites (N-methyl/N-ethyl adjacent to an activating group) is 1. The van der Waals surface area contributed by atoms with Gasteiger partial charge in [-0.05, 0) is 31.5 Å². The first-order valence-electron chi connectivity index (χ1n) is 5.49. The lowest BCUT2D eigenvalue weighted by Gasteiger charge is -2.11. The summed E-state index contributed by atoms with van der Waals surface area (Å²) >= 11 is 18.2. The fourth-order valence-corrected chi connectivity index (χ4v) is 2.15. The maximum atomic E-state index is 6.14. The van der Waals surface area contributed by atoms with E-state index in [1.54, 1.807) is 12.1 Å². The van der Waals surface area contributed by atoms with Crippen LogP contribution in [-0.4, -0.2) is 18.9 Å². The van der Waals surface area contributed by atoms with Crippen LogP contribution in [0.2, 0.25) is 15.1 Å². The highest BCUT2D eigenvalue weighted by molar-refractivity contribution is 6.44. The Morgan fingerprint density at radius 2 is 1.78 bits per heavy atom. The smallest absolute Gasteiger partial charge is 0.101 e. The summed E-state index contributed by atoms with van der Waals surface area (Å²) in [5, 5.41) is 4.82. The molecular weight excluding hydrogens is 314 g/mol. The van der Waals surface area contributed by atoms with E-state index in [0.717, 1.165) is 24.5 Å². The molecule has 102 valence electrons. The molecule has 0 radical (unpaired) electrons. The van der Waals surface area contributed by atoms with Crippen LogP contribution >= 0.6 is 47.2 Å². The summed E-state index contributed by atoms with van der Waals surface area (Å²) in [7, 11) is 0. The van der Waals surface area contributed by atoms with Gasteiger partial charge >= 0.3 is 0 Å². The van der Waals surface area contributed by atoms with Crippen LogP contribution in [-0.2, 0) is 6.42 Å². The third-order valence-electron chi connectivity index (χ3n) is 2.21. The molecule has 0 heterocycles. The monoisotopic (exact) mass is 328 g/mol. The predicted octanol–water partition coefficient (Wildman–Crippen LogP) is 4.64. The fraction of sp³-hybridized carbons (Fsp3) is 0.417. The SMILES string of the molecule is CCN=C(Cc1c(Cl)ccc(Cl)c1Cl)NCC.Cl. The van der Waals surface area contributed by atoms with Crippen molar-refractivity contribution in [3.05, 3.63) is 32.8 Å². The van der Waals surface area contributed by atoms with Gasteiger partial charge in [-0.25, -0.2) is 0 Å². The summed E-state index contributed by atoms with van der Waals surface area (Å²) in [6.45, 7) is 5.54. The van der Waals surface area contributed by atoms with Gasteiger partial charge in [-0.15, -0.1) is 12.4 Å². The van der Waals surface area contributed by atoms with Crippen LogP contribution in [0.5, 0.6) is 0 Å². The number of amidine groups is 1. The largest absolute Gasteiger partial charge is 0.374 e. The van der Waals surface area contributed by atoms with Gasteiger partial charge < -0.3 is 5.32 Å². The average Bonchev–Trinajstić information content (AvgIpc) is 2.30. The van der Waals surface area contributed by atoms with Crippen molar-refractivity contribution in [3.63, 3.8) is 0 Å². The van der Waals surface area contributed by atoms with Crippen LogP contribution in [0.25, 0.3) is 0 Å². The van der Waals surface area contributed by atoms with Gasteiger partial charge in [0, 0.05) is 24.5 Å². The second-order valence-corrected chi connectivity index (χ2v) is 4.64. The molecule has 1 rings (SSSR count). The van der Waals surface area contributed by atoms with E-state index >= 15 is 0 Å². The number of halogens is 4. The Balaban J connectivity index is 0.00000289. The third kappa shape index (κ3) is 4.85. The molecule has 0 aromatic heterocycles. The molecule has 0 bridgehead atoms. The number of nitrogens with one attached hydrogen (secondary N) is 1. The molecule has 0 spiro atoms. The number of nitrogens with zero attached hydrogens (tertiary/aromatic N) is 1. The van der Waals surface area contributed by atoms with Gasteiger partial charge in [0.15, 0.2) is 0 Å². The minimum atomic E-state index is 0. The van der Waals surface area contributed by atoms with Crippen molar-refractivity contribution in [2.24, 2.45) is 4.99 Å². The molecule has 0 aliphatic heterocycles. The zero-order chi connectivity index (χ0) is 12.8. The first kappa shape index (κ1) is 17.8. The van der Waals surface area contributed by atoms with Gasteiger partial charge in [0.2, 0.25) is 0 Å². The Hall–Kier alpha value is -0.150. The lowest BCUT2D eigenvalue weighted by Crippen LogP contribution is -2.25. The van der Waals surface area contributed by atoms with Gasteiger partial charge in [0.25, 0.3) is 0 Å². The van der Waals surface area contributed by atoms with Gasteiger partial charge in [-0.2, -0.15) is 0 Å². The highest BCUT2D eigenvalue weighted by Crippen LogP contribution is 2.31. The van der Waals surface area contributed by atoms with E-state index in [9.17, 15) is 0 Å². The molecule has 0 fully saturated rings. The molecule has 2 nitrogen and oxygen atoms in total. The van der Waals surface area contributed by atoms with Crippen LogP contribution < -0.4 is 5.32 Å². The Bertz CT molecular complexity index is 419. The Labute approximate surface area is 129 Å². The Morgan fingerprint density at radius 3 is 2.33 bits per heavy atom. The zero-order valence-corrected chi connectivity index (χ0v) is 13.3. The number of benzene rings is 1. The second kappa shape index (κ2) is 8.87. The normalized spacial score (nSPS) is 11.1. The summed E-state index contributed by atoms with van der Waals surface area (Å²) in [6, 6.07) is 3.44. The van der Waals surface area contributed by atoms with E-state index in [1.807, 2.05) is 13.8 Å². The quantitative estimate of drug-likeness (QED) is 0.485. The van der Waals surface area contributed by atoms with E-state index in [4.69, 9.17) is 34.8 Å². The van der Waals surface area contributed by atoms with E-state index in [1.165, 1.54) is 0 Å². The molecule has 0 atom stereocenters. The summed E-state index contributed by atoms with van der Waals surface area (Å²) in [4.78, 5) is 4.37. The number of hydrogen-bond donors (Lipinski definition) is 1. The number of aliphatic imine (C=N–C) groups is 1. The molecule has 1 aromatic rings. The van der Waals surface area contributed by atoms with E-state index in [2.05, 4.69) is 10.3 Å². The van der Waals surface area contributed by atoms with Crippen LogP contribution in [0.4, 0.5) is 0 Å². The van der Waals surface area contributed by atoms with Crippen molar-refractivity contribution in [2.45, 2.75) is 20.3 Å². The van der Waals surface area contributed by atoms with Crippen molar-refractivity contribution in [1.82, 2.24) is 5.32 Å². The number of rotatable bonds is 4. The molecule has 18 heavy (non-hydrogen) atoms. The highest BCUT2D eigenvalue weighted by Gasteiger charge is 2.11. The predicted molar refractivity (Wildman–Crippen MR) is 84.1 cm³/mol. The molecule has 1 aromatic carbocycles. The van der Waals surface area contributed by atoms with Crippen LogP contribution in [0.15, 0.2) is 17.1 Å². The topological polar surface area (TPSA) is 24.4 Å². The zero-order valence-electron chi connectivity index (χ0n) is 10.3. The summed E-state index contributed by atoms with van der Waals surface area (Å²) < 4.78 is 0. The third-order valence-corrected chi connectivity index (χ3v) is 3.41. The van der Waals surface area contributed by atoms with Gasteiger partial charge in [0.1, 0.15) is 5.84 Å². The standard InChI is InChI=1S/C12H15Cl3N2.ClH/c1-3-16-11(17-4-2)7-8-9(13)5-6-10(14)12(8)15;/h5-6H,3-4,7H2,1-2H3,(H,16,17);1H. The first-order valence-corrected chi connectivity index (χ1v) is 6.63. The highest BCUT2D eigenvalue weighted by atomic mass is 35.5. The number of hydrogen-bond acceptors (Lipinski definition) is 1. The summed E-state index contributed by atoms with van der Waals surface area (Å²) in [6.07, 6.45) is 0.569. The minimum Gasteiger partial charge on any atom is -0.374 e. The van der Waals surface area contributed by atoms with E-state index < -0.39 is 0 Å². The maximum Gasteiger partial charge on any atom is 0.101 e. The van der Waals surface area contributed by atoms with Crippen molar-refractivity contribution >= 4 is 53.0 Å². The maximum absolute atomic E-state index is 6.14.